The molecule has 2 aromatic carbocycles. The van der Waals surface area contributed by atoms with Gasteiger partial charge in [-0.1, -0.05) is 0 Å². The van der Waals surface area contributed by atoms with Crippen molar-refractivity contribution in [3.63, 3.8) is 0 Å². The van der Waals surface area contributed by atoms with Gasteiger partial charge in [0.1, 0.15) is 17.7 Å². The average Bonchev–Trinajstić information content (AvgIpc) is 3.25. The summed E-state index contributed by atoms with van der Waals surface area (Å²) in [5.41, 5.74) is 4.71. The van der Waals surface area contributed by atoms with Crippen LogP contribution in [0.15, 0.2) is 53.4 Å². The number of sulfonamides is 1. The summed E-state index contributed by atoms with van der Waals surface area (Å²) in [5, 5.41) is 14.9. The second kappa shape index (κ2) is 7.50. The Balaban J connectivity index is 1.76. The van der Waals surface area contributed by atoms with Gasteiger partial charge in [-0.15, -0.1) is 0 Å². The number of nitrogens with one attached hydrogen (secondary N) is 1. The summed E-state index contributed by atoms with van der Waals surface area (Å²) in [5.74, 6) is -0.0346. The number of aromatic amines is 1. The smallest absolute Gasteiger partial charge is 0.238 e. The van der Waals surface area contributed by atoms with Crippen molar-refractivity contribution < 1.29 is 12.8 Å². The zero-order chi connectivity index (χ0) is 22.3. The monoisotopic (exact) mass is 435 g/mol. The van der Waals surface area contributed by atoms with Crippen molar-refractivity contribution in [2.75, 3.05) is 0 Å². The van der Waals surface area contributed by atoms with E-state index in [1.807, 2.05) is 24.5 Å². The third-order valence-electron chi connectivity index (χ3n) is 5.01. The van der Waals surface area contributed by atoms with Crippen molar-refractivity contribution >= 4 is 32.7 Å². The van der Waals surface area contributed by atoms with Crippen molar-refractivity contribution in [1.29, 1.82) is 5.26 Å². The van der Waals surface area contributed by atoms with Crippen LogP contribution in [0.5, 0.6) is 0 Å². The maximum Gasteiger partial charge on any atom is 0.238 e. The number of nitrogens with two attached hydrogens (primary N) is 1. The molecule has 4 rings (SSSR count). The molecule has 0 unspecified atom stereocenters. The number of nitriles is 1. The molecule has 4 aromatic rings. The van der Waals surface area contributed by atoms with Crippen LogP contribution in [0.3, 0.4) is 0 Å². The van der Waals surface area contributed by atoms with E-state index in [2.05, 4.69) is 16.0 Å². The molecule has 9 heteroatoms. The number of H-pyrrole nitrogens is 1. The molecule has 0 bridgehead atoms. The second-order valence-corrected chi connectivity index (χ2v) is 8.68. The first-order valence-corrected chi connectivity index (χ1v) is 10.8. The first-order chi connectivity index (χ1) is 14.7. The fourth-order valence-corrected chi connectivity index (χ4v) is 4.05. The average molecular weight is 435 g/mol. The molecule has 0 atom stereocenters. The lowest BCUT2D eigenvalue weighted by molar-refractivity contribution is 0.598. The van der Waals surface area contributed by atoms with Gasteiger partial charge in [0.2, 0.25) is 10.0 Å². The van der Waals surface area contributed by atoms with Gasteiger partial charge >= 0.3 is 0 Å². The van der Waals surface area contributed by atoms with Gasteiger partial charge in [-0.25, -0.2) is 22.9 Å². The molecule has 0 saturated carbocycles. The minimum Gasteiger partial charge on any atom is -0.337 e. The maximum absolute atomic E-state index is 13.5. The highest BCUT2D eigenvalue weighted by atomic mass is 32.2. The Bertz CT molecular complexity index is 1490. The van der Waals surface area contributed by atoms with Crippen molar-refractivity contribution in [2.45, 2.75) is 18.7 Å². The van der Waals surface area contributed by atoms with Crippen LogP contribution >= 0.6 is 0 Å². The lowest BCUT2D eigenvalue weighted by Crippen LogP contribution is -2.12. The lowest BCUT2D eigenvalue weighted by Gasteiger charge is -2.10. The van der Waals surface area contributed by atoms with Gasteiger partial charge in [-0.3, -0.25) is 0 Å². The molecule has 0 aliphatic carbocycles. The first-order valence-electron chi connectivity index (χ1n) is 9.27. The van der Waals surface area contributed by atoms with Crippen molar-refractivity contribution in [2.24, 2.45) is 5.14 Å². The third kappa shape index (κ3) is 3.86. The number of allylic oxidation sites excluding steroid dienone is 1. The van der Waals surface area contributed by atoms with Crippen LogP contribution in [-0.2, 0) is 10.0 Å². The Labute approximate surface area is 178 Å². The van der Waals surface area contributed by atoms with Crippen LogP contribution in [-0.4, -0.2) is 23.0 Å². The summed E-state index contributed by atoms with van der Waals surface area (Å²) in [6.45, 7) is 3.81. The highest BCUT2D eigenvalue weighted by Crippen LogP contribution is 2.26. The molecule has 2 heterocycles. The van der Waals surface area contributed by atoms with Gasteiger partial charge in [-0.05, 0) is 74.0 Å². The second-order valence-electron chi connectivity index (χ2n) is 7.12. The quantitative estimate of drug-likeness (QED) is 0.474. The molecule has 0 aliphatic heterocycles. The molecular weight excluding hydrogens is 417 g/mol. The van der Waals surface area contributed by atoms with Crippen LogP contribution in [0.1, 0.15) is 22.8 Å². The first kappa shape index (κ1) is 20.5. The minimum absolute atomic E-state index is 0.0342. The largest absolute Gasteiger partial charge is 0.337 e. The van der Waals surface area contributed by atoms with E-state index >= 15 is 0 Å². The Morgan fingerprint density at radius 2 is 1.90 bits per heavy atom. The number of aromatic nitrogens is 3. The highest BCUT2D eigenvalue weighted by molar-refractivity contribution is 7.89. The van der Waals surface area contributed by atoms with E-state index in [4.69, 9.17) is 5.14 Å². The number of hydrogen-bond acceptors (Lipinski definition) is 4. The lowest BCUT2D eigenvalue weighted by atomic mass is 10.1. The third-order valence-corrected chi connectivity index (χ3v) is 5.94. The number of fused-ring (bicyclic) bond motifs is 1. The number of imidazole rings is 1. The van der Waals surface area contributed by atoms with Gasteiger partial charge in [0, 0.05) is 17.1 Å². The van der Waals surface area contributed by atoms with Crippen molar-refractivity contribution in [1.82, 2.24) is 14.5 Å². The molecule has 3 N–H and O–H groups in total. The van der Waals surface area contributed by atoms with E-state index in [0.717, 1.165) is 22.6 Å². The summed E-state index contributed by atoms with van der Waals surface area (Å²) < 4.78 is 38.4. The molecule has 0 aliphatic rings. The van der Waals surface area contributed by atoms with Gasteiger partial charge < -0.3 is 9.55 Å². The zero-order valence-corrected chi connectivity index (χ0v) is 17.5. The van der Waals surface area contributed by atoms with E-state index < -0.39 is 10.0 Å². The Morgan fingerprint density at radius 3 is 2.55 bits per heavy atom. The number of rotatable bonds is 4. The topological polar surface area (TPSA) is 118 Å². The van der Waals surface area contributed by atoms with Crippen LogP contribution in [0.4, 0.5) is 4.39 Å². The summed E-state index contributed by atoms with van der Waals surface area (Å²) in [6.07, 6.45) is 1.71. The number of benzene rings is 2. The van der Waals surface area contributed by atoms with Crippen LogP contribution < -0.4 is 5.14 Å². The number of halogens is 1. The predicted molar refractivity (Wildman–Crippen MR) is 116 cm³/mol. The molecule has 0 amide bonds. The highest BCUT2D eigenvalue weighted by Gasteiger charge is 2.14. The molecule has 0 saturated heterocycles. The molecule has 0 radical (unpaired) electrons. The van der Waals surface area contributed by atoms with Crippen LogP contribution in [0.25, 0.3) is 28.4 Å². The van der Waals surface area contributed by atoms with E-state index in [0.29, 0.717) is 22.4 Å². The Kier molecular flexibility index (Phi) is 4.97. The van der Waals surface area contributed by atoms with Crippen LogP contribution in [0.2, 0.25) is 0 Å². The minimum atomic E-state index is -3.77. The van der Waals surface area contributed by atoms with E-state index in [9.17, 15) is 18.1 Å². The van der Waals surface area contributed by atoms with Crippen molar-refractivity contribution in [3.8, 4) is 11.8 Å². The number of nitrogens with zero attached hydrogens (tertiary/aromatic N) is 3. The molecule has 31 heavy (non-hydrogen) atoms. The number of aryl methyl sites for hydroxylation is 1. The summed E-state index contributed by atoms with van der Waals surface area (Å²) in [4.78, 5) is 7.40. The molecule has 0 fully saturated rings. The molecule has 156 valence electrons. The summed E-state index contributed by atoms with van der Waals surface area (Å²) in [7, 11) is -3.77. The van der Waals surface area contributed by atoms with Gasteiger partial charge in [-0.2, -0.15) is 5.26 Å². The standard InChI is InChI=1S/C22H18FN5O2S/c1-13-9-15(14(2)28(13)18-4-6-19(7-5-18)31(25,29)30)10-16(12-24)22-26-20-8-3-17(23)11-21(20)27-22/h3-11H,1-2H3,(H,26,27)(H2,25,29,30)/b16-10-. The Hall–Kier alpha value is -3.74. The SMILES string of the molecule is Cc1cc(/C=C(/C#N)c2nc3ccc(F)cc3[nH]2)c(C)n1-c1ccc(S(N)(=O)=O)cc1. The normalized spacial score (nSPS) is 12.3. The summed E-state index contributed by atoms with van der Waals surface area (Å²) >= 11 is 0. The summed E-state index contributed by atoms with van der Waals surface area (Å²) in [6, 6.07) is 14.5. The van der Waals surface area contributed by atoms with Crippen LogP contribution in [0, 0.1) is 31.0 Å². The number of primary sulfonamides is 1. The van der Waals surface area contributed by atoms with E-state index in [1.54, 1.807) is 24.3 Å². The van der Waals surface area contributed by atoms with Crippen molar-refractivity contribution in [3.05, 3.63) is 77.1 Å². The van der Waals surface area contributed by atoms with Gasteiger partial charge in [0.15, 0.2) is 0 Å². The predicted octanol–water partition coefficient (Wildman–Crippen LogP) is 3.82. The number of hydrogen-bond donors (Lipinski definition) is 2. The fourth-order valence-electron chi connectivity index (χ4n) is 3.53. The molecule has 0 spiro atoms. The van der Waals surface area contributed by atoms with E-state index in [1.165, 1.54) is 24.3 Å². The van der Waals surface area contributed by atoms with Gasteiger partial charge in [0.25, 0.3) is 0 Å². The Morgan fingerprint density at radius 1 is 1.19 bits per heavy atom. The van der Waals surface area contributed by atoms with Gasteiger partial charge in [0.05, 0.1) is 21.5 Å². The maximum atomic E-state index is 13.5. The molecule has 2 aromatic heterocycles. The van der Waals surface area contributed by atoms with E-state index in [-0.39, 0.29) is 10.7 Å². The zero-order valence-electron chi connectivity index (χ0n) is 16.7. The molecule has 7 nitrogen and oxygen atoms in total. The fraction of sp³-hybridized carbons (Fsp3) is 0.0909. The molecular formula is C22H18FN5O2S.